The van der Waals surface area contributed by atoms with Crippen molar-refractivity contribution in [1.82, 2.24) is 15.5 Å². The number of halogens is 1. The molecule has 1 heterocycles. The number of unbranched alkanes of at least 4 members (excludes halogenated alkanes) is 1. The highest BCUT2D eigenvalue weighted by Gasteiger charge is 2.40. The number of allylic oxidation sites excluding steroid dienone is 2. The van der Waals surface area contributed by atoms with Gasteiger partial charge in [0.25, 0.3) is 0 Å². The number of hydrogen-bond acceptors (Lipinski definition) is 4. The first-order valence-electron chi connectivity index (χ1n) is 11.5. The third-order valence-corrected chi connectivity index (χ3v) is 7.21. The summed E-state index contributed by atoms with van der Waals surface area (Å²) in [5, 5.41) is 17.1. The normalized spacial score (nSPS) is 22.9. The van der Waals surface area contributed by atoms with Crippen molar-refractivity contribution in [3.63, 3.8) is 0 Å². The molecule has 0 saturated carbocycles. The van der Waals surface area contributed by atoms with E-state index in [4.69, 9.17) is 16.7 Å². The maximum Gasteiger partial charge on any atom is 0.0456 e. The first-order chi connectivity index (χ1) is 13.3. The van der Waals surface area contributed by atoms with Crippen LogP contribution >= 0.6 is 11.6 Å². The summed E-state index contributed by atoms with van der Waals surface area (Å²) in [5.41, 5.74) is 0.366. The van der Waals surface area contributed by atoms with Crippen molar-refractivity contribution in [3.8, 4) is 0 Å². The standard InChI is InChI=1S/C23H44ClN3O.CH4.4H2O/c1-18(2)22(26-17-25-12-5-6-14-28)15-27-13-11-21(23(3,4)16-27)19-7-9-20(24)10-8-19;;;;;/h9,18-19,21-22,25-26,28H,5-8,10-17H2,1-4H3;1H4;4*1H2/t19?,21?,22-;;;;;/m0...../s1. The van der Waals surface area contributed by atoms with Gasteiger partial charge in [-0.1, -0.05) is 52.8 Å². The van der Waals surface area contributed by atoms with Gasteiger partial charge in [0.2, 0.25) is 0 Å². The highest BCUT2D eigenvalue weighted by atomic mass is 35.5. The Bertz CT molecular complexity index is 495. The van der Waals surface area contributed by atoms with Crippen LogP contribution in [0.15, 0.2) is 11.1 Å². The molecule has 33 heavy (non-hydrogen) atoms. The lowest BCUT2D eigenvalue weighted by molar-refractivity contribution is 0.0117. The van der Waals surface area contributed by atoms with Crippen LogP contribution < -0.4 is 10.6 Å². The molecule has 204 valence electrons. The maximum absolute atomic E-state index is 8.86. The number of nitrogens with zero attached hydrogens (tertiary/aromatic N) is 1. The Hall–Kier alpha value is -0.290. The summed E-state index contributed by atoms with van der Waals surface area (Å²) < 4.78 is 0. The quantitative estimate of drug-likeness (QED) is 0.287. The zero-order chi connectivity index (χ0) is 20.6. The fourth-order valence-electron chi connectivity index (χ4n) is 5.15. The van der Waals surface area contributed by atoms with Crippen molar-refractivity contribution in [3.05, 3.63) is 11.1 Å². The second kappa shape index (κ2) is 20.0. The molecule has 0 amide bonds. The summed E-state index contributed by atoms with van der Waals surface area (Å²) >= 11 is 6.21. The van der Waals surface area contributed by atoms with Crippen molar-refractivity contribution >= 4 is 11.6 Å². The molecule has 9 heteroatoms. The summed E-state index contributed by atoms with van der Waals surface area (Å²) in [6.45, 7) is 15.2. The van der Waals surface area contributed by atoms with Gasteiger partial charge in [-0.05, 0) is 74.8 Å². The van der Waals surface area contributed by atoms with Crippen LogP contribution in [-0.4, -0.2) is 77.4 Å². The second-order valence-electron chi connectivity index (χ2n) is 9.97. The average Bonchev–Trinajstić information content (AvgIpc) is 2.64. The minimum absolute atomic E-state index is 0. The van der Waals surface area contributed by atoms with Gasteiger partial charge < -0.3 is 42.5 Å². The monoisotopic (exact) mass is 501 g/mol. The lowest BCUT2D eigenvalue weighted by Crippen LogP contribution is -2.53. The van der Waals surface area contributed by atoms with E-state index < -0.39 is 0 Å². The van der Waals surface area contributed by atoms with Gasteiger partial charge >= 0.3 is 0 Å². The van der Waals surface area contributed by atoms with Crippen LogP contribution in [-0.2, 0) is 0 Å². The van der Waals surface area contributed by atoms with Gasteiger partial charge in [-0.2, -0.15) is 0 Å². The molecule has 0 aromatic heterocycles. The van der Waals surface area contributed by atoms with E-state index in [9.17, 15) is 0 Å². The van der Waals surface area contributed by atoms with Crippen LogP contribution in [0.4, 0.5) is 0 Å². The van der Waals surface area contributed by atoms with Crippen molar-refractivity contribution in [2.75, 3.05) is 39.5 Å². The molecule has 3 atom stereocenters. The number of aliphatic hydroxyl groups excluding tert-OH is 1. The van der Waals surface area contributed by atoms with Crippen LogP contribution in [0, 0.1) is 23.2 Å². The zero-order valence-electron chi connectivity index (χ0n) is 20.6. The van der Waals surface area contributed by atoms with Crippen LogP contribution in [0.1, 0.15) is 73.6 Å². The summed E-state index contributed by atoms with van der Waals surface area (Å²) in [6.07, 6.45) is 9.01. The number of likely N-dealkylation sites (tertiary alicyclic amines) is 1. The fraction of sp³-hybridized carbons (Fsp3) is 0.917. The SMILES string of the molecule is C.CC(C)[C@H](CN1CCC(C2CC=C(Cl)CC2)C(C)(C)C1)NCNCCCCO.O.O.O.O. The molecule has 1 aliphatic carbocycles. The van der Waals surface area contributed by atoms with E-state index in [0.717, 1.165) is 55.9 Å². The number of rotatable bonds is 11. The van der Waals surface area contributed by atoms with Gasteiger partial charge in [0, 0.05) is 37.4 Å². The minimum Gasteiger partial charge on any atom is -0.412 e. The molecule has 0 spiro atoms. The lowest BCUT2D eigenvalue weighted by atomic mass is 9.65. The van der Waals surface area contributed by atoms with Gasteiger partial charge in [0.1, 0.15) is 0 Å². The van der Waals surface area contributed by atoms with Crippen molar-refractivity contribution < 1.29 is 27.0 Å². The molecule has 0 aromatic rings. The molecule has 11 N–H and O–H groups in total. The van der Waals surface area contributed by atoms with E-state index in [1.165, 1.54) is 32.4 Å². The van der Waals surface area contributed by atoms with E-state index in [0.29, 0.717) is 24.0 Å². The van der Waals surface area contributed by atoms with Crippen molar-refractivity contribution in [2.24, 2.45) is 23.2 Å². The molecular formula is C24H56ClN3O5. The predicted molar refractivity (Wildman–Crippen MR) is 142 cm³/mol. The van der Waals surface area contributed by atoms with E-state index in [1.54, 1.807) is 0 Å². The Kier molecular flexibility index (Phi) is 24.1. The van der Waals surface area contributed by atoms with Gasteiger partial charge in [0.15, 0.2) is 0 Å². The Morgan fingerprint density at radius 2 is 1.82 bits per heavy atom. The first kappa shape index (κ1) is 39.9. The summed E-state index contributed by atoms with van der Waals surface area (Å²) in [6, 6.07) is 0.508. The second-order valence-corrected chi connectivity index (χ2v) is 10.5. The third-order valence-electron chi connectivity index (χ3n) is 6.87. The maximum atomic E-state index is 8.86. The smallest absolute Gasteiger partial charge is 0.0456 e. The van der Waals surface area contributed by atoms with E-state index >= 15 is 0 Å². The van der Waals surface area contributed by atoms with E-state index in [2.05, 4.69) is 49.3 Å². The zero-order valence-corrected chi connectivity index (χ0v) is 21.4. The van der Waals surface area contributed by atoms with Crippen molar-refractivity contribution in [2.45, 2.75) is 79.7 Å². The van der Waals surface area contributed by atoms with E-state index in [1.807, 2.05) is 0 Å². The molecule has 1 fully saturated rings. The molecule has 0 radical (unpaired) electrons. The topological polar surface area (TPSA) is 174 Å². The molecule has 0 bridgehead atoms. The highest BCUT2D eigenvalue weighted by molar-refractivity contribution is 6.29. The summed E-state index contributed by atoms with van der Waals surface area (Å²) in [4.78, 5) is 2.69. The lowest BCUT2D eigenvalue weighted by Gasteiger charge is -2.49. The Balaban J connectivity index is -0.000000841. The predicted octanol–water partition coefficient (Wildman–Crippen LogP) is 1.53. The van der Waals surface area contributed by atoms with Gasteiger partial charge in [-0.25, -0.2) is 0 Å². The molecule has 1 saturated heterocycles. The molecule has 2 rings (SSSR count). The molecule has 2 aliphatic rings. The highest BCUT2D eigenvalue weighted by Crippen LogP contribution is 2.44. The van der Waals surface area contributed by atoms with Gasteiger partial charge in [-0.3, -0.25) is 0 Å². The Morgan fingerprint density at radius 1 is 1.15 bits per heavy atom. The van der Waals surface area contributed by atoms with Crippen LogP contribution in [0.2, 0.25) is 0 Å². The number of aliphatic hydroxyl groups is 1. The molecule has 8 nitrogen and oxygen atoms in total. The molecule has 0 aromatic carbocycles. The average molecular weight is 502 g/mol. The number of hydrogen-bond donors (Lipinski definition) is 3. The van der Waals surface area contributed by atoms with Gasteiger partial charge in [0.05, 0.1) is 0 Å². The summed E-state index contributed by atoms with van der Waals surface area (Å²) in [5.74, 6) is 2.23. The first-order valence-corrected chi connectivity index (χ1v) is 11.8. The van der Waals surface area contributed by atoms with Crippen LogP contribution in [0.25, 0.3) is 0 Å². The Labute approximate surface area is 207 Å². The number of piperidine rings is 1. The molecule has 2 unspecified atom stereocenters. The van der Waals surface area contributed by atoms with Crippen molar-refractivity contribution in [1.29, 1.82) is 0 Å². The van der Waals surface area contributed by atoms with E-state index in [-0.39, 0.29) is 29.3 Å². The number of nitrogens with one attached hydrogen (secondary N) is 2. The van der Waals surface area contributed by atoms with Gasteiger partial charge in [-0.15, -0.1) is 0 Å². The van der Waals surface area contributed by atoms with Crippen LogP contribution in [0.5, 0.6) is 0 Å². The minimum atomic E-state index is 0. The largest absolute Gasteiger partial charge is 0.412 e. The summed E-state index contributed by atoms with van der Waals surface area (Å²) in [7, 11) is 0. The fourth-order valence-corrected chi connectivity index (χ4v) is 5.34. The Morgan fingerprint density at radius 3 is 2.33 bits per heavy atom. The molecular weight excluding hydrogens is 446 g/mol. The van der Waals surface area contributed by atoms with Crippen LogP contribution in [0.3, 0.4) is 0 Å². The molecule has 1 aliphatic heterocycles. The third kappa shape index (κ3) is 13.4.